The zero-order valence-electron chi connectivity index (χ0n) is 11.8. The van der Waals surface area contributed by atoms with Crippen molar-refractivity contribution >= 4 is 11.3 Å². The number of hydroxylamine groups is 1. The van der Waals surface area contributed by atoms with E-state index in [2.05, 4.69) is 21.9 Å². The second-order valence-electron chi connectivity index (χ2n) is 4.74. The van der Waals surface area contributed by atoms with E-state index in [1.54, 1.807) is 17.5 Å². The molecule has 2 aromatic heterocycles. The first-order valence-corrected chi connectivity index (χ1v) is 7.64. The van der Waals surface area contributed by atoms with Crippen molar-refractivity contribution in [1.82, 2.24) is 15.0 Å². The predicted octanol–water partition coefficient (Wildman–Crippen LogP) is 3.29. The van der Waals surface area contributed by atoms with Crippen LogP contribution in [-0.2, 0) is 18.5 Å². The molecular formula is C16H17N3OS. The van der Waals surface area contributed by atoms with Crippen LogP contribution >= 0.6 is 11.3 Å². The lowest BCUT2D eigenvalue weighted by molar-refractivity contribution is 0.0101. The summed E-state index contributed by atoms with van der Waals surface area (Å²) in [6, 6.07) is 14.2. The first kappa shape index (κ1) is 14.0. The topological polar surface area (TPSA) is 39.1 Å². The molecule has 2 heterocycles. The highest BCUT2D eigenvalue weighted by Gasteiger charge is 2.19. The SMILES string of the molecule is Cn1ccnc1C(NOCc1ccccc1)c1cccs1. The van der Waals surface area contributed by atoms with Gasteiger partial charge in [-0.1, -0.05) is 36.4 Å². The third kappa shape index (κ3) is 3.39. The largest absolute Gasteiger partial charge is 0.336 e. The summed E-state index contributed by atoms with van der Waals surface area (Å²) in [7, 11) is 1.99. The van der Waals surface area contributed by atoms with Crippen LogP contribution in [0.3, 0.4) is 0 Å². The lowest BCUT2D eigenvalue weighted by Crippen LogP contribution is -2.24. The first-order valence-electron chi connectivity index (χ1n) is 6.76. The third-order valence-corrected chi connectivity index (χ3v) is 4.16. The molecule has 1 unspecified atom stereocenters. The Labute approximate surface area is 128 Å². The number of imidazole rings is 1. The maximum absolute atomic E-state index is 5.69. The van der Waals surface area contributed by atoms with Crippen molar-refractivity contribution in [3.63, 3.8) is 0 Å². The van der Waals surface area contributed by atoms with Crippen molar-refractivity contribution in [2.24, 2.45) is 7.05 Å². The Bertz CT molecular complexity index is 664. The Morgan fingerprint density at radius 1 is 1.24 bits per heavy atom. The first-order chi connectivity index (χ1) is 10.3. The monoisotopic (exact) mass is 299 g/mol. The van der Waals surface area contributed by atoms with Crippen LogP contribution in [0.15, 0.2) is 60.2 Å². The van der Waals surface area contributed by atoms with Gasteiger partial charge in [0.05, 0.1) is 6.61 Å². The fourth-order valence-electron chi connectivity index (χ4n) is 2.13. The van der Waals surface area contributed by atoms with Crippen LogP contribution < -0.4 is 5.48 Å². The Morgan fingerprint density at radius 2 is 2.10 bits per heavy atom. The zero-order chi connectivity index (χ0) is 14.5. The number of benzene rings is 1. The minimum absolute atomic E-state index is 0.0614. The standard InChI is InChI=1S/C16H17N3OS/c1-19-10-9-17-16(19)15(14-8-5-11-21-14)18-20-12-13-6-3-2-4-7-13/h2-11,15,18H,12H2,1H3. The van der Waals surface area contributed by atoms with E-state index >= 15 is 0 Å². The minimum Gasteiger partial charge on any atom is -0.336 e. The van der Waals surface area contributed by atoms with Crippen LogP contribution in [0.4, 0.5) is 0 Å². The number of nitrogens with zero attached hydrogens (tertiary/aromatic N) is 2. The van der Waals surface area contributed by atoms with Crippen LogP contribution in [0, 0.1) is 0 Å². The molecular weight excluding hydrogens is 282 g/mol. The van der Waals surface area contributed by atoms with Gasteiger partial charge in [-0.05, 0) is 17.0 Å². The van der Waals surface area contributed by atoms with Crippen LogP contribution in [0.5, 0.6) is 0 Å². The molecule has 0 radical (unpaired) electrons. The number of aryl methyl sites for hydroxylation is 1. The summed E-state index contributed by atoms with van der Waals surface area (Å²) in [5.41, 5.74) is 4.27. The predicted molar refractivity (Wildman–Crippen MR) is 83.7 cm³/mol. The van der Waals surface area contributed by atoms with Gasteiger partial charge in [0.25, 0.3) is 0 Å². The van der Waals surface area contributed by atoms with Crippen molar-refractivity contribution in [3.8, 4) is 0 Å². The van der Waals surface area contributed by atoms with E-state index in [4.69, 9.17) is 4.84 Å². The number of hydrogen-bond donors (Lipinski definition) is 1. The van der Waals surface area contributed by atoms with Gasteiger partial charge in [0, 0.05) is 24.3 Å². The molecule has 1 N–H and O–H groups in total. The van der Waals surface area contributed by atoms with Gasteiger partial charge in [-0.2, -0.15) is 5.48 Å². The summed E-state index contributed by atoms with van der Waals surface area (Å²) in [6.07, 6.45) is 3.74. The Hall–Kier alpha value is -1.95. The fourth-order valence-corrected chi connectivity index (χ4v) is 2.89. The Balaban J connectivity index is 1.70. The molecule has 5 heteroatoms. The van der Waals surface area contributed by atoms with Crippen molar-refractivity contribution < 1.29 is 4.84 Å². The summed E-state index contributed by atoms with van der Waals surface area (Å²) in [6.45, 7) is 0.521. The lowest BCUT2D eigenvalue weighted by Gasteiger charge is -2.17. The van der Waals surface area contributed by atoms with E-state index in [1.165, 1.54) is 4.88 Å². The van der Waals surface area contributed by atoms with E-state index in [0.29, 0.717) is 6.61 Å². The molecule has 0 aliphatic heterocycles. The highest BCUT2D eigenvalue weighted by atomic mass is 32.1. The molecule has 108 valence electrons. The molecule has 0 fully saturated rings. The van der Waals surface area contributed by atoms with Gasteiger partial charge < -0.3 is 4.57 Å². The molecule has 0 saturated carbocycles. The smallest absolute Gasteiger partial charge is 0.133 e. The lowest BCUT2D eigenvalue weighted by atomic mass is 10.2. The molecule has 0 aliphatic rings. The number of hydrogen-bond acceptors (Lipinski definition) is 4. The summed E-state index contributed by atoms with van der Waals surface area (Å²) in [4.78, 5) is 11.3. The van der Waals surface area contributed by atoms with E-state index in [-0.39, 0.29) is 6.04 Å². The molecule has 21 heavy (non-hydrogen) atoms. The number of nitrogens with one attached hydrogen (secondary N) is 1. The maximum atomic E-state index is 5.69. The van der Waals surface area contributed by atoms with Crippen molar-refractivity contribution in [3.05, 3.63) is 76.5 Å². The van der Waals surface area contributed by atoms with Gasteiger partial charge in [0.1, 0.15) is 11.9 Å². The molecule has 0 spiro atoms. The molecule has 4 nitrogen and oxygen atoms in total. The zero-order valence-corrected chi connectivity index (χ0v) is 12.6. The second kappa shape index (κ2) is 6.67. The van der Waals surface area contributed by atoms with E-state index in [9.17, 15) is 0 Å². The van der Waals surface area contributed by atoms with Crippen LogP contribution in [0.1, 0.15) is 22.3 Å². The van der Waals surface area contributed by atoms with Crippen molar-refractivity contribution in [1.29, 1.82) is 0 Å². The number of thiophene rings is 1. The molecule has 3 rings (SSSR count). The molecule has 3 aromatic rings. The third-order valence-electron chi connectivity index (χ3n) is 3.23. The highest BCUT2D eigenvalue weighted by Crippen LogP contribution is 2.24. The number of aromatic nitrogens is 2. The Kier molecular flexibility index (Phi) is 4.45. The molecule has 1 aromatic carbocycles. The molecule has 1 atom stereocenters. The highest BCUT2D eigenvalue weighted by molar-refractivity contribution is 7.10. The molecule has 0 aliphatic carbocycles. The maximum Gasteiger partial charge on any atom is 0.133 e. The summed E-state index contributed by atoms with van der Waals surface area (Å²) in [5.74, 6) is 0.936. The minimum atomic E-state index is -0.0614. The fraction of sp³-hybridized carbons (Fsp3) is 0.188. The summed E-state index contributed by atoms with van der Waals surface area (Å²) >= 11 is 1.69. The van der Waals surface area contributed by atoms with Gasteiger partial charge in [-0.25, -0.2) is 4.98 Å². The molecule has 0 amide bonds. The van der Waals surface area contributed by atoms with Crippen LogP contribution in [-0.4, -0.2) is 9.55 Å². The van der Waals surface area contributed by atoms with Crippen molar-refractivity contribution in [2.45, 2.75) is 12.6 Å². The molecule has 0 bridgehead atoms. The van der Waals surface area contributed by atoms with Crippen LogP contribution in [0.25, 0.3) is 0 Å². The summed E-state index contributed by atoms with van der Waals surface area (Å²) in [5, 5.41) is 2.06. The second-order valence-corrected chi connectivity index (χ2v) is 5.72. The normalized spacial score (nSPS) is 12.4. The van der Waals surface area contributed by atoms with Gasteiger partial charge in [0.15, 0.2) is 0 Å². The van der Waals surface area contributed by atoms with E-state index in [1.807, 2.05) is 54.2 Å². The summed E-state index contributed by atoms with van der Waals surface area (Å²) < 4.78 is 2.00. The van der Waals surface area contributed by atoms with E-state index < -0.39 is 0 Å². The van der Waals surface area contributed by atoms with Gasteiger partial charge in [0.2, 0.25) is 0 Å². The van der Waals surface area contributed by atoms with Gasteiger partial charge in [-0.3, -0.25) is 4.84 Å². The van der Waals surface area contributed by atoms with Gasteiger partial charge in [-0.15, -0.1) is 11.3 Å². The molecule has 0 saturated heterocycles. The average molecular weight is 299 g/mol. The van der Waals surface area contributed by atoms with E-state index in [0.717, 1.165) is 11.4 Å². The van der Waals surface area contributed by atoms with Crippen molar-refractivity contribution in [2.75, 3.05) is 0 Å². The van der Waals surface area contributed by atoms with Crippen LogP contribution in [0.2, 0.25) is 0 Å². The quantitative estimate of drug-likeness (QED) is 0.710. The Morgan fingerprint density at radius 3 is 2.76 bits per heavy atom. The number of rotatable bonds is 6. The average Bonchev–Trinajstić information content (AvgIpc) is 3.17. The van der Waals surface area contributed by atoms with Gasteiger partial charge >= 0.3 is 0 Å².